The maximum absolute atomic E-state index is 12.5. The molecule has 0 aromatic heterocycles. The molecular weight excluding hydrogens is 364 g/mol. The average molecular weight is 385 g/mol. The second-order valence-electron chi connectivity index (χ2n) is 6.31. The number of cyclic esters (lactones) is 1. The van der Waals surface area contributed by atoms with Crippen LogP contribution in [0.5, 0.6) is 11.5 Å². The number of Topliss-reactive ketones (excluding diaryl/α,β-unsaturated/α-hetero) is 1. The van der Waals surface area contributed by atoms with Gasteiger partial charge in [-0.25, -0.2) is 4.79 Å². The molecule has 2 rings (SSSR count). The molecule has 0 spiro atoms. The molecular formula is C18H21ClO7. The molecule has 0 amide bonds. The van der Waals surface area contributed by atoms with Crippen molar-refractivity contribution in [2.45, 2.75) is 50.9 Å². The maximum Gasteiger partial charge on any atom is 0.342 e. The number of benzene rings is 1. The van der Waals surface area contributed by atoms with Gasteiger partial charge in [0.2, 0.25) is 0 Å². The van der Waals surface area contributed by atoms with Gasteiger partial charge in [0, 0.05) is 30.9 Å². The number of hydrogen-bond acceptors (Lipinski definition) is 7. The minimum Gasteiger partial charge on any atom is -0.507 e. The Hall–Kier alpha value is -2.09. The molecule has 0 radical (unpaired) electrons. The van der Waals surface area contributed by atoms with E-state index in [0.717, 1.165) is 6.07 Å². The van der Waals surface area contributed by atoms with Crippen molar-refractivity contribution in [3.63, 3.8) is 0 Å². The highest BCUT2D eigenvalue weighted by Gasteiger charge is 2.27. The second-order valence-corrected chi connectivity index (χ2v) is 6.69. The van der Waals surface area contributed by atoms with Crippen LogP contribution < -0.4 is 0 Å². The van der Waals surface area contributed by atoms with Crippen molar-refractivity contribution in [3.05, 3.63) is 34.4 Å². The standard InChI is InChI=1S/C18H21ClO7/c1-9-6-11(21)4-2-10(20)3-5-12(22)7-13-16(18(25)26-9)14(23)8-15(24)17(13)19/h2,4,8-11,20-21,23-24H,3,5-7H2,1H3/t9-,10+,11+/m0/s1. The smallest absolute Gasteiger partial charge is 0.342 e. The van der Waals surface area contributed by atoms with Crippen molar-refractivity contribution in [1.82, 2.24) is 0 Å². The lowest BCUT2D eigenvalue weighted by atomic mass is 9.97. The van der Waals surface area contributed by atoms with Crippen LogP contribution in [0.3, 0.4) is 0 Å². The molecule has 3 atom stereocenters. The molecule has 142 valence electrons. The Labute approximate surface area is 155 Å². The van der Waals surface area contributed by atoms with Crippen LogP contribution in [0.15, 0.2) is 18.2 Å². The lowest BCUT2D eigenvalue weighted by molar-refractivity contribution is -0.118. The summed E-state index contributed by atoms with van der Waals surface area (Å²) >= 11 is 6.03. The van der Waals surface area contributed by atoms with Gasteiger partial charge in [-0.3, -0.25) is 4.79 Å². The monoisotopic (exact) mass is 384 g/mol. The number of aromatic hydroxyl groups is 2. The topological polar surface area (TPSA) is 124 Å². The van der Waals surface area contributed by atoms with Crippen LogP contribution in [0.2, 0.25) is 5.02 Å². The van der Waals surface area contributed by atoms with Crippen LogP contribution in [0.25, 0.3) is 0 Å². The molecule has 0 saturated carbocycles. The first-order chi connectivity index (χ1) is 12.2. The minimum absolute atomic E-state index is 0.0146. The van der Waals surface area contributed by atoms with Crippen LogP contribution in [0.4, 0.5) is 0 Å². The zero-order valence-corrected chi connectivity index (χ0v) is 14.9. The fourth-order valence-electron chi connectivity index (χ4n) is 2.73. The van der Waals surface area contributed by atoms with Crippen molar-refractivity contribution in [1.29, 1.82) is 0 Å². The number of ketones is 1. The van der Waals surface area contributed by atoms with Gasteiger partial charge >= 0.3 is 5.97 Å². The molecule has 0 aliphatic carbocycles. The number of phenols is 2. The highest BCUT2D eigenvalue weighted by molar-refractivity contribution is 6.33. The summed E-state index contributed by atoms with van der Waals surface area (Å²) in [5.74, 6) is -2.27. The van der Waals surface area contributed by atoms with Gasteiger partial charge in [0.25, 0.3) is 0 Å². The van der Waals surface area contributed by atoms with Gasteiger partial charge in [0.15, 0.2) is 0 Å². The molecule has 26 heavy (non-hydrogen) atoms. The van der Waals surface area contributed by atoms with Gasteiger partial charge in [-0.05, 0) is 13.3 Å². The lowest BCUT2D eigenvalue weighted by Gasteiger charge is -2.19. The van der Waals surface area contributed by atoms with E-state index < -0.39 is 35.8 Å². The third-order valence-electron chi connectivity index (χ3n) is 4.06. The summed E-state index contributed by atoms with van der Waals surface area (Å²) in [7, 11) is 0. The zero-order chi connectivity index (χ0) is 19.4. The van der Waals surface area contributed by atoms with E-state index in [2.05, 4.69) is 0 Å². The van der Waals surface area contributed by atoms with Crippen molar-refractivity contribution in [2.24, 2.45) is 0 Å². The Balaban J connectivity index is 2.45. The Morgan fingerprint density at radius 2 is 1.77 bits per heavy atom. The quantitative estimate of drug-likeness (QED) is 0.397. The first kappa shape index (κ1) is 20.2. The van der Waals surface area contributed by atoms with E-state index in [1.165, 1.54) is 12.2 Å². The number of fused-ring (bicyclic) bond motifs is 1. The van der Waals surface area contributed by atoms with Crippen molar-refractivity contribution < 1.29 is 34.8 Å². The van der Waals surface area contributed by atoms with E-state index in [4.69, 9.17) is 16.3 Å². The number of esters is 1. The van der Waals surface area contributed by atoms with Crippen LogP contribution in [-0.4, -0.2) is 50.5 Å². The first-order valence-electron chi connectivity index (χ1n) is 8.19. The van der Waals surface area contributed by atoms with E-state index in [9.17, 15) is 30.0 Å². The Morgan fingerprint density at radius 1 is 1.12 bits per heavy atom. The normalized spacial score (nSPS) is 25.3. The molecule has 4 N–H and O–H groups in total. The van der Waals surface area contributed by atoms with E-state index in [1.54, 1.807) is 6.92 Å². The molecule has 8 heteroatoms. The molecule has 1 aliphatic rings. The van der Waals surface area contributed by atoms with Gasteiger partial charge < -0.3 is 25.2 Å². The number of carbonyl (C=O) groups excluding carboxylic acids is 2. The van der Waals surface area contributed by atoms with E-state index >= 15 is 0 Å². The average Bonchev–Trinajstić information content (AvgIpc) is 2.54. The number of hydrogen-bond donors (Lipinski definition) is 4. The third kappa shape index (κ3) is 4.97. The van der Waals surface area contributed by atoms with Crippen LogP contribution in [0.1, 0.15) is 42.1 Å². The Kier molecular flexibility index (Phi) is 6.63. The molecule has 0 unspecified atom stereocenters. The first-order valence-corrected chi connectivity index (χ1v) is 8.57. The largest absolute Gasteiger partial charge is 0.507 e. The summed E-state index contributed by atoms with van der Waals surface area (Å²) in [5, 5.41) is 39.4. The summed E-state index contributed by atoms with van der Waals surface area (Å²) in [6.07, 6.45) is 0.0675. The number of carbonyl (C=O) groups is 2. The summed E-state index contributed by atoms with van der Waals surface area (Å²) in [4.78, 5) is 24.7. The molecule has 1 aromatic carbocycles. The van der Waals surface area contributed by atoms with Crippen LogP contribution >= 0.6 is 11.6 Å². The van der Waals surface area contributed by atoms with Crippen molar-refractivity contribution in [2.75, 3.05) is 0 Å². The van der Waals surface area contributed by atoms with Crippen LogP contribution in [-0.2, 0) is 16.0 Å². The van der Waals surface area contributed by atoms with Crippen molar-refractivity contribution >= 4 is 23.4 Å². The van der Waals surface area contributed by atoms with E-state index in [0.29, 0.717) is 0 Å². The van der Waals surface area contributed by atoms with E-state index in [-0.39, 0.29) is 47.6 Å². The fourth-order valence-corrected chi connectivity index (χ4v) is 2.95. The van der Waals surface area contributed by atoms with Crippen LogP contribution in [0, 0.1) is 0 Å². The predicted octanol–water partition coefficient (Wildman–Crippen LogP) is 1.87. The maximum atomic E-state index is 12.5. The highest BCUT2D eigenvalue weighted by atomic mass is 35.5. The zero-order valence-electron chi connectivity index (χ0n) is 14.2. The predicted molar refractivity (Wildman–Crippen MR) is 93.4 cm³/mol. The molecule has 0 fully saturated rings. The van der Waals surface area contributed by atoms with Gasteiger partial charge in [0.05, 0.1) is 17.2 Å². The summed E-state index contributed by atoms with van der Waals surface area (Å²) in [6, 6.07) is 0.905. The third-order valence-corrected chi connectivity index (χ3v) is 4.48. The van der Waals surface area contributed by atoms with Crippen molar-refractivity contribution in [3.8, 4) is 11.5 Å². The number of aliphatic hydroxyl groups excluding tert-OH is 2. The fraction of sp³-hybridized carbons (Fsp3) is 0.444. The lowest BCUT2D eigenvalue weighted by Crippen LogP contribution is -2.22. The number of rotatable bonds is 0. The molecule has 7 nitrogen and oxygen atoms in total. The minimum atomic E-state index is -0.956. The molecule has 1 aliphatic heterocycles. The number of halogens is 1. The van der Waals surface area contributed by atoms with Gasteiger partial charge in [-0.2, -0.15) is 0 Å². The summed E-state index contributed by atoms with van der Waals surface area (Å²) in [5.41, 5.74) is -0.329. The Morgan fingerprint density at radius 3 is 2.46 bits per heavy atom. The SMILES string of the molecule is C[C@H]1C[C@H](O)C=C[C@@H](O)CCC(=O)Cc2c(Cl)c(O)cc(O)c2C(=O)O1. The molecule has 1 heterocycles. The number of aliphatic hydroxyl groups is 2. The van der Waals surface area contributed by atoms with Gasteiger partial charge in [-0.1, -0.05) is 23.8 Å². The summed E-state index contributed by atoms with van der Waals surface area (Å²) < 4.78 is 5.22. The molecule has 0 saturated heterocycles. The number of phenolic OH excluding ortho intramolecular Hbond substituents is 2. The van der Waals surface area contributed by atoms with Gasteiger partial charge in [-0.15, -0.1) is 0 Å². The second kappa shape index (κ2) is 8.53. The van der Waals surface area contributed by atoms with E-state index in [1.807, 2.05) is 0 Å². The number of ether oxygens (including phenoxy) is 1. The van der Waals surface area contributed by atoms with Gasteiger partial charge in [0.1, 0.15) is 28.9 Å². The highest BCUT2D eigenvalue weighted by Crippen LogP contribution is 2.37. The Bertz CT molecular complexity index is 729. The molecule has 0 bridgehead atoms. The molecule has 1 aromatic rings. The summed E-state index contributed by atoms with van der Waals surface area (Å²) in [6.45, 7) is 1.56.